The number of benzene rings is 1. The van der Waals surface area contributed by atoms with Crippen molar-refractivity contribution in [3.8, 4) is 0 Å². The summed E-state index contributed by atoms with van der Waals surface area (Å²) in [5.74, 6) is 0. The van der Waals surface area contributed by atoms with Crippen LogP contribution in [0.2, 0.25) is 0 Å². The predicted molar refractivity (Wildman–Crippen MR) is 73.2 cm³/mol. The first-order valence-corrected chi connectivity index (χ1v) is 6.85. The normalized spacial score (nSPS) is 18.5. The van der Waals surface area contributed by atoms with Crippen LogP contribution in [0.1, 0.15) is 30.9 Å². The Labute approximate surface area is 105 Å². The highest BCUT2D eigenvalue weighted by Crippen LogP contribution is 2.15. The number of rotatable bonds is 5. The van der Waals surface area contributed by atoms with Crippen molar-refractivity contribution in [1.82, 2.24) is 4.90 Å². The van der Waals surface area contributed by atoms with E-state index in [1.165, 1.54) is 37.1 Å². The van der Waals surface area contributed by atoms with Gasteiger partial charge in [0.25, 0.3) is 0 Å². The number of aryl methyl sites for hydroxylation is 1. The summed E-state index contributed by atoms with van der Waals surface area (Å²) in [6, 6.07) is 9.54. The summed E-state index contributed by atoms with van der Waals surface area (Å²) in [5, 5.41) is 0. The Morgan fingerprint density at radius 3 is 2.24 bits per heavy atom. The van der Waals surface area contributed by atoms with Crippen LogP contribution < -0.4 is 5.73 Å². The minimum atomic E-state index is 0.532. The van der Waals surface area contributed by atoms with Crippen molar-refractivity contribution >= 4 is 0 Å². The molecular formula is C15H24N2. The number of hydrogen-bond donors (Lipinski definition) is 1. The molecule has 1 unspecified atom stereocenters. The van der Waals surface area contributed by atoms with Gasteiger partial charge in [-0.2, -0.15) is 0 Å². The van der Waals surface area contributed by atoms with E-state index in [1.54, 1.807) is 0 Å². The smallest absolute Gasteiger partial charge is 0.0258 e. The van der Waals surface area contributed by atoms with Gasteiger partial charge in [-0.05, 0) is 49.9 Å². The number of nitrogens with zero attached hydrogens (tertiary/aromatic N) is 1. The molecule has 1 heterocycles. The van der Waals surface area contributed by atoms with Crippen LogP contribution in [0.5, 0.6) is 0 Å². The number of hydrogen-bond acceptors (Lipinski definition) is 2. The molecule has 1 aromatic rings. The van der Waals surface area contributed by atoms with Crippen molar-refractivity contribution < 1.29 is 0 Å². The molecule has 2 rings (SSSR count). The summed E-state index contributed by atoms with van der Waals surface area (Å²) in [4.78, 5) is 2.55. The van der Waals surface area contributed by atoms with Gasteiger partial charge in [-0.25, -0.2) is 0 Å². The minimum absolute atomic E-state index is 0.532. The average Bonchev–Trinajstić information content (AvgIpc) is 2.90. The van der Waals surface area contributed by atoms with Gasteiger partial charge >= 0.3 is 0 Å². The van der Waals surface area contributed by atoms with Crippen LogP contribution in [-0.4, -0.2) is 30.6 Å². The fourth-order valence-electron chi connectivity index (χ4n) is 2.65. The first-order valence-electron chi connectivity index (χ1n) is 6.85. The molecule has 0 aliphatic carbocycles. The Morgan fingerprint density at radius 2 is 1.71 bits per heavy atom. The van der Waals surface area contributed by atoms with Gasteiger partial charge in [0.15, 0.2) is 0 Å². The Bertz CT molecular complexity index is 325. The third kappa shape index (κ3) is 3.30. The van der Waals surface area contributed by atoms with Crippen molar-refractivity contribution in [1.29, 1.82) is 0 Å². The third-order valence-corrected chi connectivity index (χ3v) is 3.83. The zero-order valence-electron chi connectivity index (χ0n) is 10.9. The predicted octanol–water partition coefficient (Wildman–Crippen LogP) is 2.21. The van der Waals surface area contributed by atoms with Crippen molar-refractivity contribution in [3.05, 3.63) is 35.4 Å². The molecule has 94 valence electrons. The molecule has 2 nitrogen and oxygen atoms in total. The monoisotopic (exact) mass is 232 g/mol. The summed E-state index contributed by atoms with van der Waals surface area (Å²) in [6.45, 7) is 5.43. The van der Waals surface area contributed by atoms with Crippen LogP contribution in [0.3, 0.4) is 0 Å². The summed E-state index contributed by atoms with van der Waals surface area (Å²) in [5.41, 5.74) is 8.75. The summed E-state index contributed by atoms with van der Waals surface area (Å²) in [7, 11) is 0. The van der Waals surface area contributed by atoms with E-state index in [9.17, 15) is 0 Å². The van der Waals surface area contributed by atoms with E-state index in [0.717, 1.165) is 19.4 Å². The summed E-state index contributed by atoms with van der Waals surface area (Å²) < 4.78 is 0. The van der Waals surface area contributed by atoms with Crippen LogP contribution in [-0.2, 0) is 12.8 Å². The Kier molecular flexibility index (Phi) is 4.57. The molecule has 0 saturated carbocycles. The molecule has 0 spiro atoms. The van der Waals surface area contributed by atoms with E-state index in [-0.39, 0.29) is 0 Å². The quantitative estimate of drug-likeness (QED) is 0.843. The molecule has 0 aromatic heterocycles. The SMILES string of the molecule is CCc1ccc(CC(CN)N2CCCC2)cc1. The molecule has 0 radical (unpaired) electrons. The molecule has 1 fully saturated rings. The van der Waals surface area contributed by atoms with Crippen LogP contribution in [0.4, 0.5) is 0 Å². The molecule has 2 heteroatoms. The Morgan fingerprint density at radius 1 is 1.12 bits per heavy atom. The summed E-state index contributed by atoms with van der Waals surface area (Å²) in [6.07, 6.45) is 4.89. The largest absolute Gasteiger partial charge is 0.329 e. The highest BCUT2D eigenvalue weighted by Gasteiger charge is 2.20. The number of likely N-dealkylation sites (tertiary alicyclic amines) is 1. The first kappa shape index (κ1) is 12.6. The van der Waals surface area contributed by atoms with Crippen LogP contribution in [0.15, 0.2) is 24.3 Å². The topological polar surface area (TPSA) is 29.3 Å². The zero-order chi connectivity index (χ0) is 12.1. The molecule has 2 N–H and O–H groups in total. The van der Waals surface area contributed by atoms with E-state index in [1.807, 2.05) is 0 Å². The van der Waals surface area contributed by atoms with Crippen LogP contribution in [0, 0.1) is 0 Å². The zero-order valence-corrected chi connectivity index (χ0v) is 10.9. The molecule has 0 amide bonds. The summed E-state index contributed by atoms with van der Waals surface area (Å²) >= 11 is 0. The second-order valence-electron chi connectivity index (χ2n) is 5.01. The lowest BCUT2D eigenvalue weighted by Gasteiger charge is -2.26. The number of nitrogens with two attached hydrogens (primary N) is 1. The molecule has 1 aromatic carbocycles. The molecule has 1 aliphatic rings. The maximum absolute atomic E-state index is 5.91. The molecule has 1 aliphatic heterocycles. The molecule has 0 bridgehead atoms. The minimum Gasteiger partial charge on any atom is -0.329 e. The first-order chi connectivity index (χ1) is 8.33. The van der Waals surface area contributed by atoms with Crippen molar-refractivity contribution in [2.45, 2.75) is 38.6 Å². The lowest BCUT2D eigenvalue weighted by Crippen LogP contribution is -2.40. The van der Waals surface area contributed by atoms with Gasteiger partial charge in [0, 0.05) is 12.6 Å². The van der Waals surface area contributed by atoms with Gasteiger partial charge in [-0.1, -0.05) is 31.2 Å². The van der Waals surface area contributed by atoms with Crippen LogP contribution >= 0.6 is 0 Å². The lowest BCUT2D eigenvalue weighted by molar-refractivity contribution is 0.246. The second kappa shape index (κ2) is 6.18. The van der Waals surface area contributed by atoms with Gasteiger partial charge in [-0.15, -0.1) is 0 Å². The molecule has 1 atom stereocenters. The van der Waals surface area contributed by atoms with Gasteiger partial charge in [-0.3, -0.25) is 4.90 Å². The fourth-order valence-corrected chi connectivity index (χ4v) is 2.65. The highest BCUT2D eigenvalue weighted by atomic mass is 15.2. The standard InChI is InChI=1S/C15H24N2/c1-2-13-5-7-14(8-6-13)11-15(12-16)17-9-3-4-10-17/h5-8,15H,2-4,9-12,16H2,1H3. The Balaban J connectivity index is 1.96. The van der Waals surface area contributed by atoms with Crippen molar-refractivity contribution in [3.63, 3.8) is 0 Å². The maximum Gasteiger partial charge on any atom is 0.0258 e. The van der Waals surface area contributed by atoms with Crippen LogP contribution in [0.25, 0.3) is 0 Å². The highest BCUT2D eigenvalue weighted by molar-refractivity contribution is 5.23. The van der Waals surface area contributed by atoms with E-state index in [0.29, 0.717) is 6.04 Å². The van der Waals surface area contributed by atoms with Gasteiger partial charge in [0.2, 0.25) is 0 Å². The Hall–Kier alpha value is -0.860. The van der Waals surface area contributed by atoms with Crippen molar-refractivity contribution in [2.24, 2.45) is 5.73 Å². The average molecular weight is 232 g/mol. The van der Waals surface area contributed by atoms with E-state index in [4.69, 9.17) is 5.73 Å². The molecular weight excluding hydrogens is 208 g/mol. The second-order valence-corrected chi connectivity index (χ2v) is 5.01. The van der Waals surface area contributed by atoms with Crippen molar-refractivity contribution in [2.75, 3.05) is 19.6 Å². The molecule has 1 saturated heterocycles. The van der Waals surface area contributed by atoms with E-state index >= 15 is 0 Å². The fraction of sp³-hybridized carbons (Fsp3) is 0.600. The lowest BCUT2D eigenvalue weighted by atomic mass is 10.0. The third-order valence-electron chi connectivity index (χ3n) is 3.83. The van der Waals surface area contributed by atoms with Gasteiger partial charge in [0.1, 0.15) is 0 Å². The van der Waals surface area contributed by atoms with E-state index < -0.39 is 0 Å². The van der Waals surface area contributed by atoms with Gasteiger partial charge in [0.05, 0.1) is 0 Å². The van der Waals surface area contributed by atoms with E-state index in [2.05, 4.69) is 36.1 Å². The maximum atomic E-state index is 5.91. The molecule has 17 heavy (non-hydrogen) atoms. The van der Waals surface area contributed by atoms with Gasteiger partial charge < -0.3 is 5.73 Å².